The minimum absolute atomic E-state index is 0.246. The Kier molecular flexibility index (Phi) is 6.69. The maximum absolute atomic E-state index is 13.7. The van der Waals surface area contributed by atoms with Gasteiger partial charge in [0.1, 0.15) is 17.3 Å². The lowest BCUT2D eigenvalue weighted by Gasteiger charge is -2.19. The number of hydrogen-bond donors (Lipinski definition) is 1. The summed E-state index contributed by atoms with van der Waals surface area (Å²) < 4.78 is 25.0. The van der Waals surface area contributed by atoms with Gasteiger partial charge in [-0.15, -0.1) is 0 Å². The number of nitrogens with zero attached hydrogens (tertiary/aromatic N) is 1. The van der Waals surface area contributed by atoms with Crippen LogP contribution in [0.25, 0.3) is 0 Å². The van der Waals surface area contributed by atoms with Crippen molar-refractivity contribution in [2.45, 2.75) is 37.8 Å². The Balaban J connectivity index is 1.59. The van der Waals surface area contributed by atoms with Gasteiger partial charge < -0.3 is 19.5 Å². The van der Waals surface area contributed by atoms with Crippen molar-refractivity contribution in [3.63, 3.8) is 0 Å². The van der Waals surface area contributed by atoms with Crippen LogP contribution in [-0.4, -0.2) is 49.5 Å². The van der Waals surface area contributed by atoms with Crippen LogP contribution in [0.15, 0.2) is 42.5 Å². The number of aliphatic hydroxyl groups excluding tert-OH is 1. The predicted molar refractivity (Wildman–Crippen MR) is 104 cm³/mol. The Morgan fingerprint density at radius 2 is 2.04 bits per heavy atom. The van der Waals surface area contributed by atoms with E-state index in [9.17, 15) is 9.50 Å². The first-order chi connectivity index (χ1) is 13.0. The van der Waals surface area contributed by atoms with Gasteiger partial charge in [0, 0.05) is 12.6 Å². The molecule has 0 spiro atoms. The maximum atomic E-state index is 13.7. The second-order valence-electron chi connectivity index (χ2n) is 7.22. The molecule has 0 amide bonds. The lowest BCUT2D eigenvalue weighted by Crippen LogP contribution is -2.26. The minimum atomic E-state index is -0.248. The highest BCUT2D eigenvalue weighted by Gasteiger charge is 2.27. The van der Waals surface area contributed by atoms with E-state index >= 15 is 0 Å². The summed E-state index contributed by atoms with van der Waals surface area (Å²) in [5.74, 6) is 1.31. The number of rotatable bonds is 8. The van der Waals surface area contributed by atoms with E-state index in [0.29, 0.717) is 25.6 Å². The molecule has 3 rings (SSSR count). The van der Waals surface area contributed by atoms with Gasteiger partial charge in [-0.05, 0) is 74.2 Å². The van der Waals surface area contributed by atoms with Gasteiger partial charge in [-0.1, -0.05) is 12.1 Å². The molecule has 1 aliphatic rings. The first-order valence-corrected chi connectivity index (χ1v) is 9.47. The molecule has 0 radical (unpaired) electrons. The van der Waals surface area contributed by atoms with Crippen molar-refractivity contribution >= 4 is 0 Å². The van der Waals surface area contributed by atoms with Crippen LogP contribution in [-0.2, 0) is 12.8 Å². The molecule has 0 aromatic heterocycles. The van der Waals surface area contributed by atoms with Crippen LogP contribution in [0.4, 0.5) is 4.39 Å². The summed E-state index contributed by atoms with van der Waals surface area (Å²) >= 11 is 0. The van der Waals surface area contributed by atoms with Crippen molar-refractivity contribution in [1.29, 1.82) is 0 Å². The summed E-state index contributed by atoms with van der Waals surface area (Å²) in [5.41, 5.74) is 2.02. The first kappa shape index (κ1) is 19.6. The Labute approximate surface area is 160 Å². The number of methoxy groups -OCH3 is 1. The third-order valence-electron chi connectivity index (χ3n) is 5.21. The lowest BCUT2D eigenvalue weighted by atomic mass is 10.0. The monoisotopic (exact) mass is 373 g/mol. The fraction of sp³-hybridized carbons (Fsp3) is 0.455. The normalized spacial score (nSPS) is 20.0. The summed E-state index contributed by atoms with van der Waals surface area (Å²) in [6, 6.07) is 13.0. The van der Waals surface area contributed by atoms with Crippen molar-refractivity contribution in [3.05, 3.63) is 59.4 Å². The van der Waals surface area contributed by atoms with Gasteiger partial charge in [-0.25, -0.2) is 4.39 Å². The molecule has 146 valence electrons. The van der Waals surface area contributed by atoms with Gasteiger partial charge in [0.2, 0.25) is 0 Å². The summed E-state index contributed by atoms with van der Waals surface area (Å²) in [7, 11) is 3.68. The fourth-order valence-electron chi connectivity index (χ4n) is 3.68. The Morgan fingerprint density at radius 1 is 1.19 bits per heavy atom. The number of aryl methyl sites for hydroxylation is 2. The van der Waals surface area contributed by atoms with Crippen LogP contribution in [0.2, 0.25) is 0 Å². The van der Waals surface area contributed by atoms with Crippen LogP contribution in [0, 0.1) is 5.82 Å². The molecule has 2 aromatic carbocycles. The number of aliphatic hydroxyl groups is 1. The van der Waals surface area contributed by atoms with Crippen molar-refractivity contribution in [2.75, 3.05) is 27.3 Å². The number of ether oxygens (including phenoxy) is 2. The second-order valence-corrected chi connectivity index (χ2v) is 7.22. The van der Waals surface area contributed by atoms with Crippen molar-refractivity contribution < 1.29 is 19.0 Å². The van der Waals surface area contributed by atoms with Gasteiger partial charge in [-0.3, -0.25) is 0 Å². The highest BCUT2D eigenvalue weighted by atomic mass is 19.1. The van der Waals surface area contributed by atoms with Crippen molar-refractivity contribution in [3.8, 4) is 11.5 Å². The van der Waals surface area contributed by atoms with Crippen LogP contribution in [0.5, 0.6) is 11.5 Å². The summed E-state index contributed by atoms with van der Waals surface area (Å²) in [6.07, 6.45) is 2.87. The standard InChI is InChI=1S/C22H28FNO3/c1-24-15-20(25)14-19(24)10-11-27-22-9-8-18(23)13-17(22)7-6-16-4-3-5-21(12-16)26-2/h3-5,8-9,12-13,19-20,25H,6-7,10-11,14-15H2,1-2H3. The molecule has 2 aromatic rings. The third-order valence-corrected chi connectivity index (χ3v) is 5.21. The van der Waals surface area contributed by atoms with Gasteiger partial charge in [0.05, 0.1) is 19.8 Å². The molecule has 2 unspecified atom stereocenters. The molecule has 1 saturated heterocycles. The zero-order valence-electron chi connectivity index (χ0n) is 16.0. The zero-order valence-corrected chi connectivity index (χ0v) is 16.0. The van der Waals surface area contributed by atoms with Gasteiger partial charge in [0.25, 0.3) is 0 Å². The molecule has 4 nitrogen and oxygen atoms in total. The smallest absolute Gasteiger partial charge is 0.123 e. The van der Waals surface area contributed by atoms with E-state index in [-0.39, 0.29) is 11.9 Å². The molecule has 0 saturated carbocycles. The molecule has 27 heavy (non-hydrogen) atoms. The molecular weight excluding hydrogens is 345 g/mol. The number of likely N-dealkylation sites (tertiary alicyclic amines) is 1. The molecule has 0 aliphatic carbocycles. The zero-order chi connectivity index (χ0) is 19.2. The van der Waals surface area contributed by atoms with E-state index in [1.165, 1.54) is 6.07 Å². The summed E-state index contributed by atoms with van der Waals surface area (Å²) in [5, 5.41) is 9.74. The average molecular weight is 373 g/mol. The van der Waals surface area contributed by atoms with Crippen molar-refractivity contribution in [2.24, 2.45) is 0 Å². The molecule has 5 heteroatoms. The SMILES string of the molecule is COc1cccc(CCc2cc(F)ccc2OCCC2CC(O)CN2C)c1. The predicted octanol–water partition coefficient (Wildman–Crippen LogP) is 3.45. The second kappa shape index (κ2) is 9.20. The molecule has 2 atom stereocenters. The molecular formula is C22H28FNO3. The maximum Gasteiger partial charge on any atom is 0.123 e. The van der Waals surface area contributed by atoms with E-state index in [4.69, 9.17) is 9.47 Å². The minimum Gasteiger partial charge on any atom is -0.497 e. The van der Waals surface area contributed by atoms with Crippen LogP contribution in [0.3, 0.4) is 0 Å². The van der Waals surface area contributed by atoms with E-state index in [1.807, 2.05) is 31.3 Å². The molecule has 1 fully saturated rings. The molecule has 1 heterocycles. The molecule has 1 aliphatic heterocycles. The van der Waals surface area contributed by atoms with E-state index < -0.39 is 0 Å². The highest BCUT2D eigenvalue weighted by molar-refractivity contribution is 5.36. The van der Waals surface area contributed by atoms with E-state index in [2.05, 4.69) is 4.90 Å². The Hall–Kier alpha value is -2.11. The van der Waals surface area contributed by atoms with Gasteiger partial charge >= 0.3 is 0 Å². The number of benzene rings is 2. The number of hydrogen-bond acceptors (Lipinski definition) is 4. The van der Waals surface area contributed by atoms with E-state index in [0.717, 1.165) is 41.9 Å². The largest absolute Gasteiger partial charge is 0.497 e. The molecule has 1 N–H and O–H groups in total. The summed E-state index contributed by atoms with van der Waals surface area (Å²) in [4.78, 5) is 2.17. The lowest BCUT2D eigenvalue weighted by molar-refractivity contribution is 0.182. The first-order valence-electron chi connectivity index (χ1n) is 9.47. The van der Waals surface area contributed by atoms with Crippen LogP contribution < -0.4 is 9.47 Å². The number of likely N-dealkylation sites (N-methyl/N-ethyl adjacent to an activating group) is 1. The quantitative estimate of drug-likeness (QED) is 0.770. The van der Waals surface area contributed by atoms with Crippen LogP contribution in [0.1, 0.15) is 24.0 Å². The topological polar surface area (TPSA) is 41.9 Å². The average Bonchev–Trinajstić information content (AvgIpc) is 2.99. The fourth-order valence-corrected chi connectivity index (χ4v) is 3.68. The number of halogens is 1. The van der Waals surface area contributed by atoms with Gasteiger partial charge in [0.15, 0.2) is 0 Å². The van der Waals surface area contributed by atoms with Crippen LogP contribution >= 0.6 is 0 Å². The van der Waals surface area contributed by atoms with Crippen molar-refractivity contribution in [1.82, 2.24) is 4.90 Å². The molecule has 0 bridgehead atoms. The number of β-amino-alcohol motifs (C(OH)–C–C–N with tert-alkyl or cyclic N) is 1. The Bertz CT molecular complexity index is 752. The van der Waals surface area contributed by atoms with Gasteiger partial charge in [-0.2, -0.15) is 0 Å². The highest BCUT2D eigenvalue weighted by Crippen LogP contribution is 2.24. The third kappa shape index (κ3) is 5.44. The van der Waals surface area contributed by atoms with E-state index in [1.54, 1.807) is 19.2 Å². The Morgan fingerprint density at radius 3 is 2.78 bits per heavy atom. The summed E-state index contributed by atoms with van der Waals surface area (Å²) in [6.45, 7) is 1.27.